The van der Waals surface area contributed by atoms with Gasteiger partial charge in [-0.25, -0.2) is 0 Å². The highest BCUT2D eigenvalue weighted by Crippen LogP contribution is 2.41. The zero-order chi connectivity index (χ0) is 14.3. The number of hydrogen-bond donors (Lipinski definition) is 3. The van der Waals surface area contributed by atoms with Crippen molar-refractivity contribution in [2.75, 3.05) is 16.8 Å². The molecule has 20 heavy (non-hydrogen) atoms. The zero-order valence-corrected chi connectivity index (χ0v) is 11.2. The van der Waals surface area contributed by atoms with Crippen molar-refractivity contribution < 1.29 is 4.79 Å². The lowest BCUT2D eigenvalue weighted by Crippen LogP contribution is -2.26. The van der Waals surface area contributed by atoms with Crippen LogP contribution in [0, 0.1) is 0 Å². The fourth-order valence-electron chi connectivity index (χ4n) is 2.44. The third-order valence-corrected chi connectivity index (χ3v) is 3.61. The Morgan fingerprint density at radius 1 is 1.25 bits per heavy atom. The Labute approximate surface area is 120 Å². The van der Waals surface area contributed by atoms with E-state index in [0.717, 1.165) is 5.56 Å². The Hall–Kier alpha value is -2.34. The maximum Gasteiger partial charge on any atom is 0.226 e. The number of fused-ring (bicyclic) bond motifs is 1. The summed E-state index contributed by atoms with van der Waals surface area (Å²) in [6.45, 7) is 0. The van der Waals surface area contributed by atoms with E-state index in [1.165, 1.54) is 0 Å². The summed E-state index contributed by atoms with van der Waals surface area (Å²) < 4.78 is 0. The number of nitrogen functional groups attached to an aromatic ring is 2. The third-order valence-electron chi connectivity index (χ3n) is 3.27. The predicted molar refractivity (Wildman–Crippen MR) is 77.4 cm³/mol. The van der Waals surface area contributed by atoms with Crippen molar-refractivity contribution in [3.8, 4) is 0 Å². The number of aromatic nitrogens is 2. The molecule has 7 heteroatoms. The lowest BCUT2D eigenvalue weighted by Gasteiger charge is -2.26. The van der Waals surface area contributed by atoms with E-state index in [0.29, 0.717) is 16.4 Å². The summed E-state index contributed by atoms with van der Waals surface area (Å²) in [5.41, 5.74) is 13.0. The van der Waals surface area contributed by atoms with Crippen LogP contribution in [0.5, 0.6) is 0 Å². The first-order chi connectivity index (χ1) is 9.56. The number of nitrogens with one attached hydrogen (secondary N) is 1. The molecule has 1 unspecified atom stereocenters. The van der Waals surface area contributed by atoms with Crippen molar-refractivity contribution >= 4 is 35.1 Å². The Balaban J connectivity index is 2.20. The molecule has 1 aliphatic rings. The smallest absolute Gasteiger partial charge is 0.226 e. The highest BCUT2D eigenvalue weighted by Gasteiger charge is 2.31. The van der Waals surface area contributed by atoms with E-state index in [-0.39, 0.29) is 30.0 Å². The molecular formula is C13H12ClN5O. The van der Waals surface area contributed by atoms with Gasteiger partial charge in [-0.1, -0.05) is 29.8 Å². The first kappa shape index (κ1) is 12.7. The van der Waals surface area contributed by atoms with Crippen molar-refractivity contribution in [1.29, 1.82) is 0 Å². The van der Waals surface area contributed by atoms with Crippen LogP contribution in [0.25, 0.3) is 0 Å². The number of benzene rings is 1. The minimum atomic E-state index is -0.270. The molecule has 2 aromatic rings. The van der Waals surface area contributed by atoms with Gasteiger partial charge in [-0.15, -0.1) is 0 Å². The van der Waals surface area contributed by atoms with Gasteiger partial charge in [0, 0.05) is 22.9 Å². The molecule has 1 aromatic heterocycles. The molecule has 0 saturated carbocycles. The fourth-order valence-corrected chi connectivity index (χ4v) is 2.70. The molecule has 1 atom stereocenters. The van der Waals surface area contributed by atoms with Crippen LogP contribution in [0.15, 0.2) is 24.3 Å². The van der Waals surface area contributed by atoms with Gasteiger partial charge in [0.2, 0.25) is 11.9 Å². The molecule has 102 valence electrons. The molecule has 5 N–H and O–H groups in total. The normalized spacial score (nSPS) is 17.4. The van der Waals surface area contributed by atoms with Crippen LogP contribution in [0.4, 0.5) is 17.6 Å². The summed E-state index contributed by atoms with van der Waals surface area (Å²) in [7, 11) is 0. The minimum Gasteiger partial charge on any atom is -0.383 e. The summed E-state index contributed by atoms with van der Waals surface area (Å²) in [5.74, 6) is 0.225. The lowest BCUT2D eigenvalue weighted by molar-refractivity contribution is -0.116. The predicted octanol–water partition coefficient (Wildman–Crippen LogP) is 1.77. The van der Waals surface area contributed by atoms with E-state index >= 15 is 0 Å². The van der Waals surface area contributed by atoms with E-state index in [2.05, 4.69) is 15.3 Å². The second kappa shape index (κ2) is 4.64. The number of nitrogens with two attached hydrogens (primary N) is 2. The molecule has 1 amide bonds. The number of halogens is 1. The van der Waals surface area contributed by atoms with Crippen LogP contribution in [0.2, 0.25) is 5.02 Å². The Morgan fingerprint density at radius 2 is 2.00 bits per heavy atom. The van der Waals surface area contributed by atoms with E-state index in [9.17, 15) is 4.79 Å². The molecule has 0 radical (unpaired) electrons. The molecule has 0 spiro atoms. The summed E-state index contributed by atoms with van der Waals surface area (Å²) >= 11 is 6.22. The molecule has 0 saturated heterocycles. The highest BCUT2D eigenvalue weighted by atomic mass is 35.5. The van der Waals surface area contributed by atoms with Crippen molar-refractivity contribution in [3.63, 3.8) is 0 Å². The second-order valence-corrected chi connectivity index (χ2v) is 4.96. The van der Waals surface area contributed by atoms with Gasteiger partial charge in [-0.3, -0.25) is 4.79 Å². The van der Waals surface area contributed by atoms with E-state index in [1.54, 1.807) is 6.07 Å². The fraction of sp³-hybridized carbons (Fsp3) is 0.154. The summed E-state index contributed by atoms with van der Waals surface area (Å²) in [6.07, 6.45) is 0.244. The first-order valence-corrected chi connectivity index (χ1v) is 6.41. The molecule has 0 aliphatic carbocycles. The van der Waals surface area contributed by atoms with Gasteiger partial charge in [0.15, 0.2) is 0 Å². The monoisotopic (exact) mass is 289 g/mol. The number of amides is 1. The number of rotatable bonds is 1. The largest absolute Gasteiger partial charge is 0.383 e. The number of carbonyl (C=O) groups is 1. The van der Waals surface area contributed by atoms with E-state index < -0.39 is 0 Å². The van der Waals surface area contributed by atoms with Crippen LogP contribution in [0.1, 0.15) is 23.5 Å². The molecule has 2 heterocycles. The second-order valence-electron chi connectivity index (χ2n) is 4.56. The Bertz CT molecular complexity index is 703. The first-order valence-electron chi connectivity index (χ1n) is 6.03. The number of hydrogen-bond acceptors (Lipinski definition) is 5. The molecule has 0 bridgehead atoms. The van der Waals surface area contributed by atoms with Crippen LogP contribution in [0.3, 0.4) is 0 Å². The average molecular weight is 290 g/mol. The Kier molecular flexibility index (Phi) is 2.94. The van der Waals surface area contributed by atoms with Gasteiger partial charge >= 0.3 is 0 Å². The van der Waals surface area contributed by atoms with Gasteiger partial charge < -0.3 is 16.8 Å². The lowest BCUT2D eigenvalue weighted by atomic mass is 9.86. The summed E-state index contributed by atoms with van der Waals surface area (Å²) in [5, 5.41) is 3.25. The molecule has 1 aromatic carbocycles. The quantitative estimate of drug-likeness (QED) is 0.741. The highest BCUT2D eigenvalue weighted by molar-refractivity contribution is 6.31. The number of anilines is 3. The minimum absolute atomic E-state index is 0.0290. The summed E-state index contributed by atoms with van der Waals surface area (Å²) in [6, 6.07) is 7.34. The summed E-state index contributed by atoms with van der Waals surface area (Å²) in [4.78, 5) is 19.9. The third kappa shape index (κ3) is 2.04. The van der Waals surface area contributed by atoms with Crippen molar-refractivity contribution in [3.05, 3.63) is 40.4 Å². The molecule has 6 nitrogen and oxygen atoms in total. The van der Waals surface area contributed by atoms with Crippen LogP contribution < -0.4 is 16.8 Å². The molecule has 3 rings (SSSR count). The number of nitrogens with zero attached hydrogens (tertiary/aromatic N) is 2. The Morgan fingerprint density at radius 3 is 2.75 bits per heavy atom. The van der Waals surface area contributed by atoms with Crippen LogP contribution in [-0.2, 0) is 4.79 Å². The van der Waals surface area contributed by atoms with Crippen molar-refractivity contribution in [2.45, 2.75) is 12.3 Å². The standard InChI is InChI=1S/C13H12ClN5O/c14-8-4-2-1-3-6(8)7-5-9(20)17-12-10(7)11(15)18-13(16)19-12/h1-4,7H,5H2,(H5,15,16,17,18,19,20). The topological polar surface area (TPSA) is 107 Å². The van der Waals surface area contributed by atoms with E-state index in [1.807, 2.05) is 18.2 Å². The molecule has 1 aliphatic heterocycles. The maximum atomic E-state index is 11.8. The van der Waals surface area contributed by atoms with Crippen molar-refractivity contribution in [2.24, 2.45) is 0 Å². The molecule has 0 fully saturated rings. The van der Waals surface area contributed by atoms with Gasteiger partial charge in [-0.2, -0.15) is 9.97 Å². The van der Waals surface area contributed by atoms with Gasteiger partial charge in [0.25, 0.3) is 0 Å². The van der Waals surface area contributed by atoms with Gasteiger partial charge in [0.05, 0.1) is 0 Å². The zero-order valence-electron chi connectivity index (χ0n) is 10.4. The molecular weight excluding hydrogens is 278 g/mol. The average Bonchev–Trinajstić information content (AvgIpc) is 2.37. The number of carbonyl (C=O) groups excluding carboxylic acids is 1. The SMILES string of the molecule is Nc1nc(N)c2c(n1)NC(=O)CC2c1ccccc1Cl. The van der Waals surface area contributed by atoms with Gasteiger partial charge in [-0.05, 0) is 11.6 Å². The van der Waals surface area contributed by atoms with Gasteiger partial charge in [0.1, 0.15) is 11.6 Å². The van der Waals surface area contributed by atoms with Crippen molar-refractivity contribution in [1.82, 2.24) is 9.97 Å². The van der Waals surface area contributed by atoms with Crippen LogP contribution >= 0.6 is 11.6 Å². The van der Waals surface area contributed by atoms with E-state index in [4.69, 9.17) is 23.1 Å². The maximum absolute atomic E-state index is 11.8. The van der Waals surface area contributed by atoms with Crippen LogP contribution in [-0.4, -0.2) is 15.9 Å².